The van der Waals surface area contributed by atoms with E-state index < -0.39 is 0 Å². The monoisotopic (exact) mass is 208 g/mol. The lowest BCUT2D eigenvalue weighted by molar-refractivity contribution is 0.631. The van der Waals surface area contributed by atoms with Gasteiger partial charge in [0.2, 0.25) is 0 Å². The molecule has 0 spiro atoms. The van der Waals surface area contributed by atoms with Crippen molar-refractivity contribution in [1.82, 2.24) is 14.9 Å². The highest BCUT2D eigenvalue weighted by Gasteiger charge is 2.14. The maximum Gasteiger partial charge on any atom is 0.293 e. The van der Waals surface area contributed by atoms with E-state index in [4.69, 9.17) is 0 Å². The zero-order valence-electron chi connectivity index (χ0n) is 8.86. The lowest BCUT2D eigenvalue weighted by atomic mass is 10.2. The van der Waals surface area contributed by atoms with E-state index in [9.17, 15) is 4.79 Å². The van der Waals surface area contributed by atoms with Crippen molar-refractivity contribution >= 4 is 5.82 Å². The molecular weight excluding hydrogens is 192 g/mol. The first-order valence-electron chi connectivity index (χ1n) is 5.26. The fraction of sp³-hybridized carbons (Fsp3) is 0.600. The van der Waals surface area contributed by atoms with Gasteiger partial charge in [-0.15, -0.1) is 0 Å². The van der Waals surface area contributed by atoms with E-state index in [1.54, 1.807) is 19.4 Å². The molecule has 0 aliphatic carbocycles. The van der Waals surface area contributed by atoms with Crippen LogP contribution in [0.3, 0.4) is 0 Å². The Hall–Kier alpha value is -1.36. The zero-order valence-corrected chi connectivity index (χ0v) is 8.86. The van der Waals surface area contributed by atoms with E-state index in [-0.39, 0.29) is 5.56 Å². The number of hydrogen-bond acceptors (Lipinski definition) is 4. The Morgan fingerprint density at radius 1 is 1.73 bits per heavy atom. The number of nitrogens with zero attached hydrogens (tertiary/aromatic N) is 2. The molecule has 1 unspecified atom stereocenters. The van der Waals surface area contributed by atoms with Crippen molar-refractivity contribution in [2.75, 3.05) is 18.4 Å². The molecule has 1 fully saturated rings. The SMILES string of the molecule is Cn1ccnc(NCC2CCCN2)c1=O. The second-order valence-corrected chi connectivity index (χ2v) is 3.87. The van der Waals surface area contributed by atoms with Crippen LogP contribution in [0.2, 0.25) is 0 Å². The number of nitrogens with one attached hydrogen (secondary N) is 2. The summed E-state index contributed by atoms with van der Waals surface area (Å²) < 4.78 is 1.53. The molecule has 5 heteroatoms. The van der Waals surface area contributed by atoms with E-state index in [2.05, 4.69) is 15.6 Å². The molecule has 1 aliphatic rings. The summed E-state index contributed by atoms with van der Waals surface area (Å²) in [5.41, 5.74) is -0.0736. The molecule has 0 saturated carbocycles. The van der Waals surface area contributed by atoms with Crippen molar-refractivity contribution in [3.63, 3.8) is 0 Å². The van der Waals surface area contributed by atoms with E-state index in [1.165, 1.54) is 17.4 Å². The third-order valence-corrected chi connectivity index (χ3v) is 2.70. The molecule has 1 aromatic rings. The van der Waals surface area contributed by atoms with Crippen LogP contribution in [-0.2, 0) is 7.05 Å². The van der Waals surface area contributed by atoms with Gasteiger partial charge in [0.1, 0.15) is 0 Å². The van der Waals surface area contributed by atoms with E-state index in [0.717, 1.165) is 13.1 Å². The van der Waals surface area contributed by atoms with Gasteiger partial charge in [-0.1, -0.05) is 0 Å². The average Bonchev–Trinajstić information content (AvgIpc) is 2.73. The van der Waals surface area contributed by atoms with Crippen molar-refractivity contribution in [2.45, 2.75) is 18.9 Å². The van der Waals surface area contributed by atoms with Crippen molar-refractivity contribution in [2.24, 2.45) is 7.05 Å². The maximum atomic E-state index is 11.6. The third-order valence-electron chi connectivity index (χ3n) is 2.70. The van der Waals surface area contributed by atoms with Crippen LogP contribution in [0.25, 0.3) is 0 Å². The largest absolute Gasteiger partial charge is 0.364 e. The number of aromatic nitrogens is 2. The Balaban J connectivity index is 1.98. The second-order valence-electron chi connectivity index (χ2n) is 3.87. The fourth-order valence-electron chi connectivity index (χ4n) is 1.77. The van der Waals surface area contributed by atoms with Crippen LogP contribution in [0.15, 0.2) is 17.2 Å². The smallest absolute Gasteiger partial charge is 0.293 e. The third kappa shape index (κ3) is 2.36. The average molecular weight is 208 g/mol. The van der Waals surface area contributed by atoms with Crippen LogP contribution >= 0.6 is 0 Å². The summed E-state index contributed by atoms with van der Waals surface area (Å²) in [7, 11) is 1.73. The maximum absolute atomic E-state index is 11.6. The van der Waals surface area contributed by atoms with Gasteiger partial charge in [-0.3, -0.25) is 4.79 Å². The van der Waals surface area contributed by atoms with Gasteiger partial charge in [-0.2, -0.15) is 0 Å². The molecule has 1 atom stereocenters. The molecule has 0 radical (unpaired) electrons. The van der Waals surface area contributed by atoms with E-state index >= 15 is 0 Å². The highest BCUT2D eigenvalue weighted by atomic mass is 16.1. The summed E-state index contributed by atoms with van der Waals surface area (Å²) in [5.74, 6) is 0.439. The van der Waals surface area contributed by atoms with Gasteiger partial charge in [0.05, 0.1) is 0 Å². The van der Waals surface area contributed by atoms with Gasteiger partial charge in [0.15, 0.2) is 5.82 Å². The minimum atomic E-state index is -0.0736. The Labute approximate surface area is 88.5 Å². The highest BCUT2D eigenvalue weighted by molar-refractivity contribution is 5.30. The molecular formula is C10H16N4O. The number of rotatable bonds is 3. The molecule has 15 heavy (non-hydrogen) atoms. The first kappa shape index (κ1) is 10.2. The van der Waals surface area contributed by atoms with Crippen molar-refractivity contribution in [3.05, 3.63) is 22.7 Å². The molecule has 2 rings (SSSR count). The number of aryl methyl sites for hydroxylation is 1. The molecule has 0 aromatic carbocycles. The van der Waals surface area contributed by atoms with Crippen LogP contribution < -0.4 is 16.2 Å². The lowest BCUT2D eigenvalue weighted by Gasteiger charge is -2.11. The van der Waals surface area contributed by atoms with Gasteiger partial charge in [0.25, 0.3) is 5.56 Å². The van der Waals surface area contributed by atoms with Crippen LogP contribution in [0, 0.1) is 0 Å². The molecule has 1 aromatic heterocycles. The predicted molar refractivity (Wildman–Crippen MR) is 59.0 cm³/mol. The van der Waals surface area contributed by atoms with Gasteiger partial charge in [-0.05, 0) is 19.4 Å². The topological polar surface area (TPSA) is 59.0 Å². The van der Waals surface area contributed by atoms with Gasteiger partial charge in [-0.25, -0.2) is 4.98 Å². The minimum Gasteiger partial charge on any atom is -0.364 e. The molecule has 2 N–H and O–H groups in total. The summed E-state index contributed by atoms with van der Waals surface area (Å²) in [5, 5.41) is 6.45. The number of anilines is 1. The first-order valence-corrected chi connectivity index (χ1v) is 5.26. The predicted octanol–water partition coefficient (Wildman–Crippen LogP) is -0.0558. The van der Waals surface area contributed by atoms with Gasteiger partial charge < -0.3 is 15.2 Å². The molecule has 2 heterocycles. The Morgan fingerprint density at radius 2 is 2.60 bits per heavy atom. The molecule has 0 bridgehead atoms. The molecule has 82 valence electrons. The van der Waals surface area contributed by atoms with Crippen molar-refractivity contribution in [1.29, 1.82) is 0 Å². The summed E-state index contributed by atoms with van der Waals surface area (Å²) in [6.07, 6.45) is 5.67. The van der Waals surface area contributed by atoms with Crippen LogP contribution in [0.4, 0.5) is 5.82 Å². The Bertz CT molecular complexity index is 381. The molecule has 5 nitrogen and oxygen atoms in total. The molecule has 0 amide bonds. The normalized spacial score (nSPS) is 20.5. The zero-order chi connectivity index (χ0) is 10.7. The molecule has 1 aliphatic heterocycles. The summed E-state index contributed by atoms with van der Waals surface area (Å²) >= 11 is 0. The van der Waals surface area contributed by atoms with Crippen LogP contribution in [0.5, 0.6) is 0 Å². The summed E-state index contributed by atoms with van der Waals surface area (Å²) in [6, 6.07) is 0.469. The van der Waals surface area contributed by atoms with E-state index in [1.807, 2.05) is 0 Å². The highest BCUT2D eigenvalue weighted by Crippen LogP contribution is 2.04. The summed E-state index contributed by atoms with van der Waals surface area (Å²) in [4.78, 5) is 15.6. The Morgan fingerprint density at radius 3 is 3.33 bits per heavy atom. The molecule has 1 saturated heterocycles. The quantitative estimate of drug-likeness (QED) is 0.731. The van der Waals surface area contributed by atoms with Gasteiger partial charge >= 0.3 is 0 Å². The van der Waals surface area contributed by atoms with Crippen molar-refractivity contribution < 1.29 is 0 Å². The second kappa shape index (κ2) is 4.44. The Kier molecular flexibility index (Phi) is 3.01. The minimum absolute atomic E-state index is 0.0736. The first-order chi connectivity index (χ1) is 7.27. The lowest BCUT2D eigenvalue weighted by Crippen LogP contribution is -2.32. The van der Waals surface area contributed by atoms with Crippen molar-refractivity contribution in [3.8, 4) is 0 Å². The standard InChI is InChI=1S/C10H16N4O/c1-14-6-5-12-9(10(14)15)13-7-8-3-2-4-11-8/h5-6,8,11H,2-4,7H2,1H3,(H,12,13). The van der Waals surface area contributed by atoms with Gasteiger partial charge in [0, 0.05) is 32.0 Å². The number of hydrogen-bond donors (Lipinski definition) is 2. The van der Waals surface area contributed by atoms with E-state index in [0.29, 0.717) is 11.9 Å². The fourth-order valence-corrected chi connectivity index (χ4v) is 1.77. The van der Waals surface area contributed by atoms with Crippen LogP contribution in [-0.4, -0.2) is 28.7 Å². The van der Waals surface area contributed by atoms with Crippen LogP contribution in [0.1, 0.15) is 12.8 Å². The summed E-state index contributed by atoms with van der Waals surface area (Å²) in [6.45, 7) is 1.85.